The van der Waals surface area contributed by atoms with Crippen LogP contribution in [0.4, 0.5) is 0 Å². The highest BCUT2D eigenvalue weighted by atomic mass is 32.1. The highest BCUT2D eigenvalue weighted by Gasteiger charge is 2.33. The van der Waals surface area contributed by atoms with Crippen LogP contribution in [0.15, 0.2) is 60.7 Å². The summed E-state index contributed by atoms with van der Waals surface area (Å²) in [6.07, 6.45) is 4.23. The van der Waals surface area contributed by atoms with E-state index >= 15 is 0 Å². The molecule has 0 amide bonds. The van der Waals surface area contributed by atoms with E-state index in [1.807, 2.05) is 11.3 Å². The quantitative estimate of drug-likeness (QED) is 0.608. The first kappa shape index (κ1) is 18.9. The van der Waals surface area contributed by atoms with Gasteiger partial charge in [-0.1, -0.05) is 73.5 Å². The Morgan fingerprint density at radius 1 is 0.815 bits per heavy atom. The minimum Gasteiger partial charge on any atom is -0.392 e. The highest BCUT2D eigenvalue weighted by Crippen LogP contribution is 2.44. The molecule has 3 aromatic rings. The van der Waals surface area contributed by atoms with Crippen molar-refractivity contribution in [3.63, 3.8) is 0 Å². The van der Waals surface area contributed by atoms with Crippen LogP contribution < -0.4 is 15.9 Å². The summed E-state index contributed by atoms with van der Waals surface area (Å²) in [5, 5.41) is 15.1. The van der Waals surface area contributed by atoms with Gasteiger partial charge in [0.25, 0.3) is 0 Å². The molecule has 1 heterocycles. The average molecular weight is 395 g/mol. The number of thiophene rings is 1. The summed E-state index contributed by atoms with van der Waals surface area (Å²) in [6.45, 7) is 4.52. The second-order valence-corrected chi connectivity index (χ2v) is 11.0. The van der Waals surface area contributed by atoms with Crippen LogP contribution in [-0.2, 0) is 0 Å². The summed E-state index contributed by atoms with van der Waals surface area (Å²) in [5.41, 5.74) is 1.45. The lowest BCUT2D eigenvalue weighted by atomic mass is 9.82. The molecule has 1 fully saturated rings. The van der Waals surface area contributed by atoms with E-state index in [-0.39, 0.29) is 12.0 Å². The number of rotatable bonds is 4. The zero-order valence-electron chi connectivity index (χ0n) is 16.1. The molecule has 0 spiro atoms. The van der Waals surface area contributed by atoms with Gasteiger partial charge >= 0.3 is 0 Å². The van der Waals surface area contributed by atoms with E-state index in [0.717, 1.165) is 19.3 Å². The topological polar surface area (TPSA) is 20.2 Å². The number of aryl methyl sites for hydroxylation is 2. The standard InChI is InChI=1S/C24H27OPS/c1-17-23(21-15-9-10-16-22(21)25)24(18(2)27-17)26(19-11-5-3-6-12-19)20-13-7-4-8-14-20/h3-8,11-14,21-22,25H,9-10,15-16H2,1-2H3. The molecular weight excluding hydrogens is 367 g/mol. The van der Waals surface area contributed by atoms with Gasteiger partial charge in [-0.05, 0) is 50.8 Å². The molecule has 0 bridgehead atoms. The molecule has 1 aliphatic carbocycles. The van der Waals surface area contributed by atoms with Gasteiger partial charge in [-0.2, -0.15) is 0 Å². The average Bonchev–Trinajstić information content (AvgIpc) is 2.98. The van der Waals surface area contributed by atoms with E-state index in [9.17, 15) is 5.11 Å². The van der Waals surface area contributed by atoms with E-state index < -0.39 is 7.92 Å². The Bertz CT molecular complexity index is 848. The van der Waals surface area contributed by atoms with Crippen LogP contribution in [-0.4, -0.2) is 11.2 Å². The van der Waals surface area contributed by atoms with Gasteiger partial charge in [-0.15, -0.1) is 11.3 Å². The van der Waals surface area contributed by atoms with E-state index in [0.29, 0.717) is 0 Å². The molecule has 1 saturated carbocycles. The van der Waals surface area contributed by atoms with Crippen molar-refractivity contribution in [2.45, 2.75) is 51.6 Å². The van der Waals surface area contributed by atoms with Gasteiger partial charge in [0.05, 0.1) is 6.10 Å². The number of benzene rings is 2. The van der Waals surface area contributed by atoms with Crippen LogP contribution in [0.2, 0.25) is 0 Å². The largest absolute Gasteiger partial charge is 0.392 e. The van der Waals surface area contributed by atoms with Gasteiger partial charge in [0.1, 0.15) is 0 Å². The number of aliphatic hydroxyl groups is 1. The van der Waals surface area contributed by atoms with Crippen molar-refractivity contribution in [1.82, 2.24) is 0 Å². The summed E-state index contributed by atoms with van der Waals surface area (Å²) in [6, 6.07) is 21.9. The summed E-state index contributed by atoms with van der Waals surface area (Å²) in [5.74, 6) is 0.288. The van der Waals surface area contributed by atoms with Crippen LogP contribution in [0.3, 0.4) is 0 Å². The van der Waals surface area contributed by atoms with Crippen LogP contribution in [0.5, 0.6) is 0 Å². The SMILES string of the molecule is Cc1sc(C)c(P(c2ccccc2)c2ccccc2)c1C1CCCCC1O. The molecule has 2 atom stereocenters. The molecule has 2 aromatic carbocycles. The Morgan fingerprint density at radius 2 is 1.37 bits per heavy atom. The lowest BCUT2D eigenvalue weighted by molar-refractivity contribution is 0.106. The fourth-order valence-electron chi connectivity index (χ4n) is 4.41. The summed E-state index contributed by atoms with van der Waals surface area (Å²) in [7, 11) is -0.611. The Kier molecular flexibility index (Phi) is 5.78. The van der Waals surface area contributed by atoms with Crippen molar-refractivity contribution in [3.8, 4) is 0 Å². The van der Waals surface area contributed by atoms with Gasteiger partial charge in [0.15, 0.2) is 0 Å². The van der Waals surface area contributed by atoms with Crippen LogP contribution in [0.25, 0.3) is 0 Å². The molecular formula is C24H27OPS. The van der Waals surface area contributed by atoms with E-state index in [4.69, 9.17) is 0 Å². The predicted molar refractivity (Wildman–Crippen MR) is 120 cm³/mol. The first-order valence-electron chi connectivity index (χ1n) is 9.85. The van der Waals surface area contributed by atoms with Gasteiger partial charge in [-0.3, -0.25) is 0 Å². The molecule has 1 aliphatic rings. The lowest BCUT2D eigenvalue weighted by Crippen LogP contribution is -2.30. The molecule has 0 aliphatic heterocycles. The van der Waals surface area contributed by atoms with Crippen molar-refractivity contribution >= 4 is 35.2 Å². The van der Waals surface area contributed by atoms with E-state index in [1.165, 1.54) is 37.7 Å². The van der Waals surface area contributed by atoms with Crippen molar-refractivity contribution < 1.29 is 5.11 Å². The Hall–Kier alpha value is -1.47. The molecule has 3 heteroatoms. The van der Waals surface area contributed by atoms with Gasteiger partial charge in [0, 0.05) is 21.0 Å². The minimum atomic E-state index is -0.611. The molecule has 0 radical (unpaired) electrons. The molecule has 0 saturated heterocycles. The van der Waals surface area contributed by atoms with Gasteiger partial charge in [0.2, 0.25) is 0 Å². The maximum absolute atomic E-state index is 10.8. The zero-order valence-corrected chi connectivity index (χ0v) is 17.8. The van der Waals surface area contributed by atoms with Crippen molar-refractivity contribution in [3.05, 3.63) is 76.0 Å². The lowest BCUT2D eigenvalue weighted by Gasteiger charge is -2.31. The van der Waals surface area contributed by atoms with Gasteiger partial charge in [-0.25, -0.2) is 0 Å². The smallest absolute Gasteiger partial charge is 0.0609 e. The second kappa shape index (κ2) is 8.27. The van der Waals surface area contributed by atoms with Crippen LogP contribution >= 0.6 is 19.3 Å². The number of aliphatic hydroxyl groups excluding tert-OH is 1. The number of hydrogen-bond donors (Lipinski definition) is 1. The van der Waals surface area contributed by atoms with E-state index in [2.05, 4.69) is 74.5 Å². The third kappa shape index (κ3) is 3.76. The van der Waals surface area contributed by atoms with Crippen molar-refractivity contribution in [2.75, 3.05) is 0 Å². The first-order valence-corrected chi connectivity index (χ1v) is 12.0. The van der Waals surface area contributed by atoms with E-state index in [1.54, 1.807) is 0 Å². The zero-order chi connectivity index (χ0) is 18.8. The normalized spacial score (nSPS) is 20.1. The molecule has 27 heavy (non-hydrogen) atoms. The molecule has 1 N–H and O–H groups in total. The van der Waals surface area contributed by atoms with Crippen LogP contribution in [0.1, 0.15) is 46.9 Å². The molecule has 1 nitrogen and oxygen atoms in total. The minimum absolute atomic E-state index is 0.200. The van der Waals surface area contributed by atoms with Crippen LogP contribution in [0, 0.1) is 13.8 Å². The molecule has 140 valence electrons. The fourth-order valence-corrected chi connectivity index (χ4v) is 8.57. The summed E-state index contributed by atoms with van der Waals surface area (Å²) < 4.78 is 0. The van der Waals surface area contributed by atoms with Crippen molar-refractivity contribution in [2.24, 2.45) is 0 Å². The maximum atomic E-state index is 10.8. The third-order valence-electron chi connectivity index (χ3n) is 5.63. The first-order chi connectivity index (χ1) is 13.2. The van der Waals surface area contributed by atoms with Gasteiger partial charge < -0.3 is 5.11 Å². The Balaban J connectivity index is 1.91. The summed E-state index contributed by atoms with van der Waals surface area (Å²) in [4.78, 5) is 2.81. The highest BCUT2D eigenvalue weighted by molar-refractivity contribution is 7.80. The maximum Gasteiger partial charge on any atom is 0.0609 e. The third-order valence-corrected chi connectivity index (χ3v) is 9.47. The van der Waals surface area contributed by atoms with Crippen molar-refractivity contribution in [1.29, 1.82) is 0 Å². The number of hydrogen-bond acceptors (Lipinski definition) is 2. The molecule has 1 aromatic heterocycles. The molecule has 2 unspecified atom stereocenters. The monoisotopic (exact) mass is 394 g/mol. The fraction of sp³-hybridized carbons (Fsp3) is 0.333. The summed E-state index contributed by atoms with van der Waals surface area (Å²) >= 11 is 1.91. The second-order valence-electron chi connectivity index (χ2n) is 7.44. The predicted octanol–water partition coefficient (Wildman–Crippen LogP) is 5.14. The Labute approximate surface area is 167 Å². The molecule has 4 rings (SSSR count). The Morgan fingerprint density at radius 3 is 1.93 bits per heavy atom.